The molecule has 0 aliphatic heterocycles. The van der Waals surface area contributed by atoms with Crippen LogP contribution >= 0.6 is 0 Å². The molecule has 3 rings (SSSR count). The fourth-order valence-corrected chi connectivity index (χ4v) is 4.69. The predicted molar refractivity (Wildman–Crippen MR) is 101 cm³/mol. The largest absolute Gasteiger partial charge is 0.207 e. The van der Waals surface area contributed by atoms with Crippen LogP contribution in [0.4, 0.5) is 8.78 Å². The summed E-state index contributed by atoms with van der Waals surface area (Å²) in [4.78, 5) is 0. The molecule has 1 aromatic carbocycles. The fraction of sp³-hybridized carbons (Fsp3) is 0.565. The van der Waals surface area contributed by atoms with Gasteiger partial charge in [0.25, 0.3) is 0 Å². The summed E-state index contributed by atoms with van der Waals surface area (Å²) in [5, 5.41) is 0. The number of allylic oxidation sites excluding steroid dienone is 4. The van der Waals surface area contributed by atoms with E-state index in [1.807, 2.05) is 6.08 Å². The first-order valence-electron chi connectivity index (χ1n) is 10.0. The number of hydrogen-bond donors (Lipinski definition) is 0. The van der Waals surface area contributed by atoms with E-state index in [9.17, 15) is 8.78 Å². The van der Waals surface area contributed by atoms with Gasteiger partial charge in [0.05, 0.1) is 0 Å². The van der Waals surface area contributed by atoms with Gasteiger partial charge >= 0.3 is 0 Å². The predicted octanol–water partition coefficient (Wildman–Crippen LogP) is 7.31. The fourth-order valence-electron chi connectivity index (χ4n) is 4.69. The molecule has 0 heterocycles. The van der Waals surface area contributed by atoms with E-state index in [0.29, 0.717) is 11.8 Å². The van der Waals surface area contributed by atoms with Crippen molar-refractivity contribution in [1.29, 1.82) is 0 Å². The molecule has 1 unspecified atom stereocenters. The molecular weight excluding hydrogens is 314 g/mol. The van der Waals surface area contributed by atoms with Crippen molar-refractivity contribution in [2.75, 3.05) is 0 Å². The van der Waals surface area contributed by atoms with Crippen LogP contribution in [0.3, 0.4) is 0 Å². The van der Waals surface area contributed by atoms with Crippen LogP contribution < -0.4 is 0 Å². The van der Waals surface area contributed by atoms with Crippen LogP contribution in [-0.2, 0) is 0 Å². The van der Waals surface area contributed by atoms with Crippen LogP contribution in [0, 0.1) is 29.4 Å². The van der Waals surface area contributed by atoms with Crippen molar-refractivity contribution < 1.29 is 8.78 Å². The number of unbranched alkanes of at least 4 members (excludes halogenated alkanes) is 2. The molecule has 25 heavy (non-hydrogen) atoms. The standard InChI is InChI=1S/C23H30F2/c1-2-3-4-7-17-10-12-18(13-11-17)22-8-5-6-9-23(22)19-14-20(24)16-21(25)15-19/h5-6,9,14-18,22H,2-4,7-8,10-13H2,1H3. The highest BCUT2D eigenvalue weighted by Crippen LogP contribution is 2.43. The van der Waals surface area contributed by atoms with Crippen LogP contribution in [0.2, 0.25) is 0 Å². The molecular formula is C23H30F2. The van der Waals surface area contributed by atoms with E-state index in [1.165, 1.54) is 63.5 Å². The van der Waals surface area contributed by atoms with E-state index in [-0.39, 0.29) is 0 Å². The van der Waals surface area contributed by atoms with Crippen molar-refractivity contribution in [3.63, 3.8) is 0 Å². The van der Waals surface area contributed by atoms with Gasteiger partial charge in [-0.2, -0.15) is 0 Å². The van der Waals surface area contributed by atoms with Gasteiger partial charge in [0, 0.05) is 6.07 Å². The molecule has 2 aliphatic carbocycles. The first-order chi connectivity index (χ1) is 12.2. The Balaban J connectivity index is 1.66. The Bertz CT molecular complexity index is 601. The maximum Gasteiger partial charge on any atom is 0.126 e. The van der Waals surface area contributed by atoms with Crippen LogP contribution in [0.1, 0.15) is 70.3 Å². The summed E-state index contributed by atoms with van der Waals surface area (Å²) in [6, 6.07) is 3.92. The summed E-state index contributed by atoms with van der Waals surface area (Å²) in [6.45, 7) is 2.26. The van der Waals surface area contributed by atoms with Gasteiger partial charge in [0.2, 0.25) is 0 Å². The minimum atomic E-state index is -0.483. The molecule has 2 heteroatoms. The average molecular weight is 344 g/mol. The van der Waals surface area contributed by atoms with Gasteiger partial charge in [-0.3, -0.25) is 0 Å². The Morgan fingerprint density at radius 2 is 1.68 bits per heavy atom. The monoisotopic (exact) mass is 344 g/mol. The third kappa shape index (κ3) is 4.80. The van der Waals surface area contributed by atoms with Gasteiger partial charge in [-0.25, -0.2) is 8.78 Å². The molecule has 0 N–H and O–H groups in total. The van der Waals surface area contributed by atoms with Gasteiger partial charge in [-0.05, 0) is 60.3 Å². The van der Waals surface area contributed by atoms with E-state index < -0.39 is 11.6 Å². The van der Waals surface area contributed by atoms with Crippen molar-refractivity contribution in [3.8, 4) is 0 Å². The lowest BCUT2D eigenvalue weighted by Gasteiger charge is -2.36. The van der Waals surface area contributed by atoms with Gasteiger partial charge in [0.1, 0.15) is 11.6 Å². The number of rotatable bonds is 6. The molecule has 0 aromatic heterocycles. The summed E-state index contributed by atoms with van der Waals surface area (Å²) in [7, 11) is 0. The van der Waals surface area contributed by atoms with Crippen molar-refractivity contribution in [1.82, 2.24) is 0 Å². The first-order valence-corrected chi connectivity index (χ1v) is 10.0. The van der Waals surface area contributed by atoms with Crippen LogP contribution in [0.5, 0.6) is 0 Å². The molecule has 0 amide bonds. The molecule has 0 radical (unpaired) electrons. The van der Waals surface area contributed by atoms with Crippen molar-refractivity contribution >= 4 is 5.57 Å². The van der Waals surface area contributed by atoms with E-state index in [0.717, 1.165) is 29.5 Å². The summed E-state index contributed by atoms with van der Waals surface area (Å²) in [5.41, 5.74) is 1.84. The summed E-state index contributed by atoms with van der Waals surface area (Å²) in [5.74, 6) is 0.974. The van der Waals surface area contributed by atoms with Crippen LogP contribution in [-0.4, -0.2) is 0 Å². The van der Waals surface area contributed by atoms with Crippen LogP contribution in [0.15, 0.2) is 36.4 Å². The highest BCUT2D eigenvalue weighted by Gasteiger charge is 2.30. The van der Waals surface area contributed by atoms with Gasteiger partial charge < -0.3 is 0 Å². The van der Waals surface area contributed by atoms with E-state index in [1.54, 1.807) is 0 Å². The summed E-state index contributed by atoms with van der Waals surface area (Å²) in [6.07, 6.45) is 17.8. The molecule has 1 saturated carbocycles. The lowest BCUT2D eigenvalue weighted by molar-refractivity contribution is 0.222. The normalized spacial score (nSPS) is 26.5. The van der Waals surface area contributed by atoms with Crippen molar-refractivity contribution in [2.24, 2.45) is 17.8 Å². The van der Waals surface area contributed by atoms with Crippen molar-refractivity contribution in [3.05, 3.63) is 53.6 Å². The maximum atomic E-state index is 13.7. The topological polar surface area (TPSA) is 0 Å². The quantitative estimate of drug-likeness (QED) is 0.475. The molecule has 1 fully saturated rings. The Hall–Kier alpha value is -1.44. The highest BCUT2D eigenvalue weighted by molar-refractivity contribution is 5.70. The zero-order valence-electron chi connectivity index (χ0n) is 15.3. The number of halogens is 2. The van der Waals surface area contributed by atoms with E-state index >= 15 is 0 Å². The average Bonchev–Trinajstić information content (AvgIpc) is 2.62. The molecule has 0 bridgehead atoms. The Morgan fingerprint density at radius 1 is 0.960 bits per heavy atom. The van der Waals surface area contributed by atoms with Gasteiger partial charge in [-0.1, -0.05) is 63.7 Å². The second-order valence-corrected chi connectivity index (χ2v) is 7.83. The SMILES string of the molecule is CCCCCC1CCC(C2CC=CC=C2c2cc(F)cc(F)c2)CC1. The zero-order valence-corrected chi connectivity index (χ0v) is 15.3. The Kier molecular flexibility index (Phi) is 6.45. The maximum absolute atomic E-state index is 13.7. The molecule has 1 atom stereocenters. The smallest absolute Gasteiger partial charge is 0.126 e. The zero-order chi connectivity index (χ0) is 17.6. The minimum Gasteiger partial charge on any atom is -0.207 e. The first kappa shape index (κ1) is 18.4. The number of benzene rings is 1. The minimum absolute atomic E-state index is 0.405. The number of hydrogen-bond acceptors (Lipinski definition) is 0. The molecule has 2 aliphatic rings. The lowest BCUT2D eigenvalue weighted by Crippen LogP contribution is -2.23. The second kappa shape index (κ2) is 8.78. The summed E-state index contributed by atoms with van der Waals surface area (Å²) >= 11 is 0. The highest BCUT2D eigenvalue weighted by atomic mass is 19.1. The Labute approximate surface area is 151 Å². The lowest BCUT2D eigenvalue weighted by atomic mass is 9.69. The van der Waals surface area contributed by atoms with E-state index in [4.69, 9.17) is 0 Å². The van der Waals surface area contributed by atoms with Gasteiger partial charge in [-0.15, -0.1) is 0 Å². The molecule has 1 aromatic rings. The third-order valence-corrected chi connectivity index (χ3v) is 6.07. The van der Waals surface area contributed by atoms with E-state index in [2.05, 4.69) is 19.1 Å². The third-order valence-electron chi connectivity index (χ3n) is 6.07. The molecule has 0 nitrogen and oxygen atoms in total. The second-order valence-electron chi connectivity index (χ2n) is 7.83. The summed E-state index contributed by atoms with van der Waals surface area (Å²) < 4.78 is 27.3. The van der Waals surface area contributed by atoms with Crippen LogP contribution in [0.25, 0.3) is 5.57 Å². The molecule has 0 saturated heterocycles. The molecule has 136 valence electrons. The van der Waals surface area contributed by atoms with Crippen molar-refractivity contribution in [2.45, 2.75) is 64.7 Å². The molecule has 0 spiro atoms. The Morgan fingerprint density at radius 3 is 2.36 bits per heavy atom. The van der Waals surface area contributed by atoms with Gasteiger partial charge in [0.15, 0.2) is 0 Å².